The van der Waals surface area contributed by atoms with Crippen molar-refractivity contribution in [3.8, 4) is 5.75 Å². The molecule has 1 atom stereocenters. The Labute approximate surface area is 104 Å². The van der Waals surface area contributed by atoms with Gasteiger partial charge in [-0.2, -0.15) is 0 Å². The van der Waals surface area contributed by atoms with Gasteiger partial charge in [-0.05, 0) is 49.4 Å². The van der Waals surface area contributed by atoms with Crippen molar-refractivity contribution in [2.24, 2.45) is 0 Å². The lowest BCUT2D eigenvalue weighted by Gasteiger charge is -2.17. The second-order valence-corrected chi connectivity index (χ2v) is 5.30. The standard InChI is InChI=1S/C15H23NO/c1-11(2)14-7-6-12(3)9-15(14)17-10-13-5-4-8-16-13/h6-7,9,11,13,16H,4-5,8,10H2,1-3H3/t13-/m1/s1. The summed E-state index contributed by atoms with van der Waals surface area (Å²) in [5, 5.41) is 3.47. The highest BCUT2D eigenvalue weighted by Gasteiger charge is 2.15. The SMILES string of the molecule is Cc1ccc(C(C)C)c(OC[C@H]2CCCN2)c1. The van der Waals surface area contributed by atoms with Gasteiger partial charge in [0.05, 0.1) is 0 Å². The molecule has 0 amide bonds. The molecule has 0 radical (unpaired) electrons. The van der Waals surface area contributed by atoms with Crippen LogP contribution in [0.1, 0.15) is 43.7 Å². The Morgan fingerprint density at radius 2 is 2.24 bits per heavy atom. The topological polar surface area (TPSA) is 21.3 Å². The fraction of sp³-hybridized carbons (Fsp3) is 0.600. The van der Waals surface area contributed by atoms with E-state index in [2.05, 4.69) is 44.3 Å². The van der Waals surface area contributed by atoms with E-state index in [1.165, 1.54) is 24.0 Å². The van der Waals surface area contributed by atoms with Crippen LogP contribution in [0.2, 0.25) is 0 Å². The fourth-order valence-electron chi connectivity index (χ4n) is 2.33. The van der Waals surface area contributed by atoms with Crippen LogP contribution in [0.15, 0.2) is 18.2 Å². The highest BCUT2D eigenvalue weighted by Crippen LogP contribution is 2.27. The summed E-state index contributed by atoms with van der Waals surface area (Å²) < 4.78 is 6.00. The van der Waals surface area contributed by atoms with Crippen LogP contribution in [0.3, 0.4) is 0 Å². The van der Waals surface area contributed by atoms with Crippen molar-refractivity contribution in [2.75, 3.05) is 13.2 Å². The first-order valence-corrected chi connectivity index (χ1v) is 6.63. The Balaban J connectivity index is 2.04. The molecule has 1 heterocycles. The lowest BCUT2D eigenvalue weighted by molar-refractivity contribution is 0.274. The van der Waals surface area contributed by atoms with Crippen LogP contribution in [0.25, 0.3) is 0 Å². The van der Waals surface area contributed by atoms with E-state index in [-0.39, 0.29) is 0 Å². The maximum Gasteiger partial charge on any atom is 0.123 e. The molecule has 1 aliphatic heterocycles. The number of rotatable bonds is 4. The minimum atomic E-state index is 0.516. The first-order valence-electron chi connectivity index (χ1n) is 6.63. The van der Waals surface area contributed by atoms with E-state index in [0.717, 1.165) is 18.9 Å². The maximum absolute atomic E-state index is 6.00. The molecule has 2 heteroatoms. The predicted molar refractivity (Wildman–Crippen MR) is 71.8 cm³/mol. The highest BCUT2D eigenvalue weighted by molar-refractivity contribution is 5.39. The summed E-state index contributed by atoms with van der Waals surface area (Å²) in [4.78, 5) is 0. The molecule has 1 saturated heterocycles. The van der Waals surface area contributed by atoms with Gasteiger partial charge in [-0.15, -0.1) is 0 Å². The Hall–Kier alpha value is -1.02. The summed E-state index contributed by atoms with van der Waals surface area (Å²) in [6.07, 6.45) is 2.52. The summed E-state index contributed by atoms with van der Waals surface area (Å²) in [5.74, 6) is 1.58. The zero-order chi connectivity index (χ0) is 12.3. The summed E-state index contributed by atoms with van der Waals surface area (Å²) in [7, 11) is 0. The summed E-state index contributed by atoms with van der Waals surface area (Å²) in [6, 6.07) is 7.05. The summed E-state index contributed by atoms with van der Waals surface area (Å²) in [5.41, 5.74) is 2.58. The molecular formula is C15H23NO. The van der Waals surface area contributed by atoms with Gasteiger partial charge in [0.15, 0.2) is 0 Å². The Kier molecular flexibility index (Phi) is 4.06. The zero-order valence-corrected chi connectivity index (χ0v) is 11.1. The van der Waals surface area contributed by atoms with Gasteiger partial charge in [-0.1, -0.05) is 26.0 Å². The van der Waals surface area contributed by atoms with Gasteiger partial charge >= 0.3 is 0 Å². The van der Waals surface area contributed by atoms with Crippen molar-refractivity contribution in [3.05, 3.63) is 29.3 Å². The maximum atomic E-state index is 6.00. The third-order valence-electron chi connectivity index (χ3n) is 3.39. The molecule has 0 unspecified atom stereocenters. The molecule has 0 spiro atoms. The third kappa shape index (κ3) is 3.22. The lowest BCUT2D eigenvalue weighted by atomic mass is 10.0. The molecule has 1 fully saturated rings. The minimum absolute atomic E-state index is 0.516. The number of hydrogen-bond acceptors (Lipinski definition) is 2. The second kappa shape index (κ2) is 5.54. The highest BCUT2D eigenvalue weighted by atomic mass is 16.5. The van der Waals surface area contributed by atoms with E-state index in [9.17, 15) is 0 Å². The Morgan fingerprint density at radius 1 is 1.41 bits per heavy atom. The van der Waals surface area contributed by atoms with Crippen LogP contribution in [-0.2, 0) is 0 Å². The second-order valence-electron chi connectivity index (χ2n) is 5.30. The smallest absolute Gasteiger partial charge is 0.123 e. The van der Waals surface area contributed by atoms with E-state index in [1.54, 1.807) is 0 Å². The molecule has 2 nitrogen and oxygen atoms in total. The van der Waals surface area contributed by atoms with Crippen LogP contribution < -0.4 is 10.1 Å². The average molecular weight is 233 g/mol. The van der Waals surface area contributed by atoms with Crippen LogP contribution in [0, 0.1) is 6.92 Å². The van der Waals surface area contributed by atoms with Gasteiger partial charge < -0.3 is 10.1 Å². The van der Waals surface area contributed by atoms with Crippen LogP contribution in [0.4, 0.5) is 0 Å². The van der Waals surface area contributed by atoms with Gasteiger partial charge in [0.1, 0.15) is 12.4 Å². The van der Waals surface area contributed by atoms with Gasteiger partial charge in [-0.3, -0.25) is 0 Å². The molecule has 94 valence electrons. The van der Waals surface area contributed by atoms with Gasteiger partial charge in [-0.25, -0.2) is 0 Å². The van der Waals surface area contributed by atoms with Crippen molar-refractivity contribution >= 4 is 0 Å². The van der Waals surface area contributed by atoms with E-state index in [1.807, 2.05) is 0 Å². The molecule has 1 aromatic carbocycles. The summed E-state index contributed by atoms with van der Waals surface area (Å²) in [6.45, 7) is 8.48. The first kappa shape index (κ1) is 12.4. The molecule has 1 aromatic rings. The monoisotopic (exact) mass is 233 g/mol. The van der Waals surface area contributed by atoms with Crippen LogP contribution >= 0.6 is 0 Å². The van der Waals surface area contributed by atoms with Gasteiger partial charge in [0.2, 0.25) is 0 Å². The molecule has 0 aromatic heterocycles. The molecular weight excluding hydrogens is 210 g/mol. The first-order chi connectivity index (χ1) is 8.16. The number of nitrogens with one attached hydrogen (secondary N) is 1. The quantitative estimate of drug-likeness (QED) is 0.862. The molecule has 1 N–H and O–H groups in total. The largest absolute Gasteiger partial charge is 0.492 e. The summed E-state index contributed by atoms with van der Waals surface area (Å²) >= 11 is 0. The van der Waals surface area contributed by atoms with Crippen molar-refractivity contribution in [3.63, 3.8) is 0 Å². The van der Waals surface area contributed by atoms with Gasteiger partial charge in [0, 0.05) is 6.04 Å². The molecule has 2 rings (SSSR count). The van der Waals surface area contributed by atoms with E-state index < -0.39 is 0 Å². The molecule has 0 bridgehead atoms. The van der Waals surface area contributed by atoms with E-state index in [0.29, 0.717) is 12.0 Å². The number of ether oxygens (including phenoxy) is 1. The van der Waals surface area contributed by atoms with Crippen molar-refractivity contribution < 1.29 is 4.74 Å². The van der Waals surface area contributed by atoms with E-state index >= 15 is 0 Å². The van der Waals surface area contributed by atoms with E-state index in [4.69, 9.17) is 4.74 Å². The van der Waals surface area contributed by atoms with Crippen molar-refractivity contribution in [1.29, 1.82) is 0 Å². The van der Waals surface area contributed by atoms with Crippen LogP contribution in [-0.4, -0.2) is 19.2 Å². The number of aryl methyl sites for hydroxylation is 1. The lowest BCUT2D eigenvalue weighted by Crippen LogP contribution is -2.28. The number of hydrogen-bond donors (Lipinski definition) is 1. The van der Waals surface area contributed by atoms with Gasteiger partial charge in [0.25, 0.3) is 0 Å². The number of benzene rings is 1. The average Bonchev–Trinajstić information content (AvgIpc) is 2.78. The third-order valence-corrected chi connectivity index (χ3v) is 3.39. The molecule has 1 aliphatic rings. The van der Waals surface area contributed by atoms with Crippen LogP contribution in [0.5, 0.6) is 5.75 Å². The Bertz CT molecular complexity index is 367. The molecule has 0 saturated carbocycles. The normalized spacial score (nSPS) is 19.9. The predicted octanol–water partition coefficient (Wildman–Crippen LogP) is 3.25. The molecule has 0 aliphatic carbocycles. The fourth-order valence-corrected chi connectivity index (χ4v) is 2.33. The minimum Gasteiger partial charge on any atom is -0.492 e. The van der Waals surface area contributed by atoms with Crippen molar-refractivity contribution in [1.82, 2.24) is 5.32 Å². The zero-order valence-electron chi connectivity index (χ0n) is 11.1. The molecule has 17 heavy (non-hydrogen) atoms. The Morgan fingerprint density at radius 3 is 2.88 bits per heavy atom. The van der Waals surface area contributed by atoms with Crippen molar-refractivity contribution in [2.45, 2.75) is 45.6 Å².